The standard InChI is InChI=1S/C6H12.H3P/c1-5-6(2,3)4;/h5H,1H2,2-4H3;1H3. The first kappa shape index (κ1) is 10.2. The van der Waals surface area contributed by atoms with Crippen molar-refractivity contribution < 1.29 is 0 Å². The smallest absolute Gasteiger partial charge is 0.0206 e. The second-order valence-corrected chi connectivity index (χ2v) is 2.57. The Labute approximate surface area is 49.6 Å². The van der Waals surface area contributed by atoms with Crippen molar-refractivity contribution in [1.29, 1.82) is 0 Å². The Hall–Kier alpha value is 0.170. The Kier molecular flexibility index (Phi) is 4.68. The minimum absolute atomic E-state index is 0. The molecule has 0 spiro atoms. The highest BCUT2D eigenvalue weighted by Gasteiger charge is 1.99. The second-order valence-electron chi connectivity index (χ2n) is 2.57. The molecule has 0 aliphatic heterocycles. The summed E-state index contributed by atoms with van der Waals surface area (Å²) in [6, 6.07) is 0. The van der Waals surface area contributed by atoms with Crippen LogP contribution < -0.4 is 0 Å². The van der Waals surface area contributed by atoms with Gasteiger partial charge in [-0.15, -0.1) is 6.58 Å². The monoisotopic (exact) mass is 118 g/mol. The molecule has 0 fully saturated rings. The van der Waals surface area contributed by atoms with Crippen LogP contribution in [0.1, 0.15) is 20.8 Å². The number of hydrogen-bond donors (Lipinski definition) is 0. The molecule has 0 aliphatic carbocycles. The van der Waals surface area contributed by atoms with Crippen LogP contribution in [0.15, 0.2) is 12.7 Å². The summed E-state index contributed by atoms with van der Waals surface area (Å²) in [5.74, 6) is 0. The van der Waals surface area contributed by atoms with Gasteiger partial charge in [-0.3, -0.25) is 0 Å². The van der Waals surface area contributed by atoms with Gasteiger partial charge in [0.1, 0.15) is 0 Å². The first-order chi connectivity index (χ1) is 2.56. The number of rotatable bonds is 0. The van der Waals surface area contributed by atoms with Gasteiger partial charge in [0.05, 0.1) is 0 Å². The van der Waals surface area contributed by atoms with Crippen LogP contribution in [-0.2, 0) is 0 Å². The fourth-order valence-corrected chi connectivity index (χ4v) is 0. The number of hydrogen-bond acceptors (Lipinski definition) is 0. The van der Waals surface area contributed by atoms with E-state index in [2.05, 4.69) is 27.4 Å². The van der Waals surface area contributed by atoms with Crippen molar-refractivity contribution in [2.45, 2.75) is 20.8 Å². The van der Waals surface area contributed by atoms with Gasteiger partial charge in [0.25, 0.3) is 0 Å². The normalized spacial score (nSPS) is 9.57. The molecule has 0 bridgehead atoms. The molecule has 7 heavy (non-hydrogen) atoms. The van der Waals surface area contributed by atoms with Crippen LogP contribution in [0.3, 0.4) is 0 Å². The third kappa shape index (κ3) is 10.7. The Morgan fingerprint density at radius 1 is 1.29 bits per heavy atom. The summed E-state index contributed by atoms with van der Waals surface area (Å²) in [6.07, 6.45) is 1.94. The van der Waals surface area contributed by atoms with E-state index in [0.717, 1.165) is 0 Å². The zero-order valence-electron chi connectivity index (χ0n) is 5.49. The van der Waals surface area contributed by atoms with E-state index in [0.29, 0.717) is 5.41 Å². The Balaban J connectivity index is 0. The summed E-state index contributed by atoms with van der Waals surface area (Å²) in [5.41, 5.74) is 0.306. The predicted octanol–water partition coefficient (Wildman–Crippen LogP) is 2.28. The highest BCUT2D eigenvalue weighted by molar-refractivity contribution is 6.92. The average Bonchev–Trinajstić information content (AvgIpc) is 1.35. The fourth-order valence-electron chi connectivity index (χ4n) is 0. The molecule has 0 radical (unpaired) electrons. The highest BCUT2D eigenvalue weighted by Crippen LogP contribution is 2.11. The van der Waals surface area contributed by atoms with E-state index >= 15 is 0 Å². The minimum atomic E-state index is 0. The van der Waals surface area contributed by atoms with E-state index in [4.69, 9.17) is 0 Å². The summed E-state index contributed by atoms with van der Waals surface area (Å²) < 4.78 is 0. The molecule has 0 heterocycles. The van der Waals surface area contributed by atoms with Crippen molar-refractivity contribution in [2.75, 3.05) is 0 Å². The van der Waals surface area contributed by atoms with Crippen molar-refractivity contribution >= 4 is 9.90 Å². The second kappa shape index (κ2) is 3.21. The van der Waals surface area contributed by atoms with E-state index in [1.54, 1.807) is 0 Å². The van der Waals surface area contributed by atoms with Crippen molar-refractivity contribution in [3.8, 4) is 0 Å². The van der Waals surface area contributed by atoms with Crippen LogP contribution in [0.5, 0.6) is 0 Å². The Morgan fingerprint density at radius 2 is 1.43 bits per heavy atom. The molecule has 1 atom stereocenters. The summed E-state index contributed by atoms with van der Waals surface area (Å²) in [6.45, 7) is 10.0. The first-order valence-electron chi connectivity index (χ1n) is 2.20. The molecule has 0 aromatic heterocycles. The molecule has 0 nitrogen and oxygen atoms in total. The van der Waals surface area contributed by atoms with E-state index in [1.165, 1.54) is 0 Å². The largest absolute Gasteiger partial charge is 0.153 e. The molecule has 1 heteroatoms. The van der Waals surface area contributed by atoms with Gasteiger partial charge in [0.15, 0.2) is 0 Å². The molecule has 0 rings (SSSR count). The van der Waals surface area contributed by atoms with Gasteiger partial charge in [-0.2, -0.15) is 9.90 Å². The topological polar surface area (TPSA) is 0 Å². The van der Waals surface area contributed by atoms with Gasteiger partial charge in [0.2, 0.25) is 0 Å². The summed E-state index contributed by atoms with van der Waals surface area (Å²) >= 11 is 0. The maximum absolute atomic E-state index is 3.63. The molecule has 0 saturated heterocycles. The van der Waals surface area contributed by atoms with Crippen molar-refractivity contribution in [3.05, 3.63) is 12.7 Å². The van der Waals surface area contributed by atoms with Gasteiger partial charge in [-0.1, -0.05) is 26.8 Å². The van der Waals surface area contributed by atoms with Crippen LogP contribution >= 0.6 is 9.90 Å². The zero-order valence-corrected chi connectivity index (χ0v) is 6.91. The van der Waals surface area contributed by atoms with E-state index in [9.17, 15) is 0 Å². The van der Waals surface area contributed by atoms with Gasteiger partial charge in [0, 0.05) is 0 Å². The van der Waals surface area contributed by atoms with Gasteiger partial charge in [-0.05, 0) is 5.41 Å². The number of allylic oxidation sites excluding steroid dienone is 1. The quantitative estimate of drug-likeness (QED) is 0.338. The average molecular weight is 118 g/mol. The Bertz CT molecular complexity index is 49.7. The molecule has 0 aromatic rings. The van der Waals surface area contributed by atoms with Crippen molar-refractivity contribution in [3.63, 3.8) is 0 Å². The molecule has 0 aromatic carbocycles. The molecule has 0 saturated carbocycles. The third-order valence-electron chi connectivity index (χ3n) is 0.612. The summed E-state index contributed by atoms with van der Waals surface area (Å²) in [5, 5.41) is 0. The van der Waals surface area contributed by atoms with E-state index < -0.39 is 0 Å². The summed E-state index contributed by atoms with van der Waals surface area (Å²) in [4.78, 5) is 0. The molecular formula is C6H15P. The first-order valence-corrected chi connectivity index (χ1v) is 2.20. The van der Waals surface area contributed by atoms with Crippen LogP contribution in [0.25, 0.3) is 0 Å². The third-order valence-corrected chi connectivity index (χ3v) is 0.612. The van der Waals surface area contributed by atoms with E-state index in [1.807, 2.05) is 6.08 Å². The maximum Gasteiger partial charge on any atom is -0.0206 e. The molecular weight excluding hydrogens is 103 g/mol. The summed E-state index contributed by atoms with van der Waals surface area (Å²) in [7, 11) is 0. The molecule has 0 N–H and O–H groups in total. The van der Waals surface area contributed by atoms with Gasteiger partial charge >= 0.3 is 0 Å². The maximum atomic E-state index is 3.63. The zero-order chi connectivity index (χ0) is 5.21. The molecule has 44 valence electrons. The van der Waals surface area contributed by atoms with Gasteiger partial charge < -0.3 is 0 Å². The van der Waals surface area contributed by atoms with Crippen LogP contribution in [0.2, 0.25) is 0 Å². The van der Waals surface area contributed by atoms with Crippen LogP contribution in [0, 0.1) is 5.41 Å². The van der Waals surface area contributed by atoms with Crippen LogP contribution in [0.4, 0.5) is 0 Å². The SMILES string of the molecule is C=CC(C)(C)C.P. The molecule has 0 amide bonds. The lowest BCUT2D eigenvalue weighted by molar-refractivity contribution is 0.546. The van der Waals surface area contributed by atoms with Crippen molar-refractivity contribution in [2.24, 2.45) is 5.41 Å². The lowest BCUT2D eigenvalue weighted by Crippen LogP contribution is -1.96. The minimum Gasteiger partial charge on any atom is -0.153 e. The van der Waals surface area contributed by atoms with Crippen molar-refractivity contribution in [1.82, 2.24) is 0 Å². The highest BCUT2D eigenvalue weighted by atomic mass is 31.0. The molecule has 1 unspecified atom stereocenters. The lowest BCUT2D eigenvalue weighted by Gasteiger charge is -2.08. The predicted molar refractivity (Wildman–Crippen MR) is 40.8 cm³/mol. The van der Waals surface area contributed by atoms with E-state index in [-0.39, 0.29) is 9.90 Å². The lowest BCUT2D eigenvalue weighted by atomic mass is 9.98. The molecule has 0 aliphatic rings. The van der Waals surface area contributed by atoms with Crippen LogP contribution in [-0.4, -0.2) is 0 Å². The Morgan fingerprint density at radius 3 is 1.43 bits per heavy atom. The fraction of sp³-hybridized carbons (Fsp3) is 0.667. The van der Waals surface area contributed by atoms with Gasteiger partial charge in [-0.25, -0.2) is 0 Å².